The molecule has 0 aromatic carbocycles. The fourth-order valence-corrected chi connectivity index (χ4v) is 7.49. The highest BCUT2D eigenvalue weighted by Crippen LogP contribution is 2.43. The molecule has 5 heteroatoms. The van der Waals surface area contributed by atoms with Crippen molar-refractivity contribution in [1.82, 2.24) is 0 Å². The third kappa shape index (κ3) is 7.25. The largest absolute Gasteiger partial charge is 0.414 e. The fourth-order valence-electron chi connectivity index (χ4n) is 4.70. The van der Waals surface area contributed by atoms with Gasteiger partial charge in [-0.25, -0.2) is 0 Å². The maximum absolute atomic E-state index is 12.9. The van der Waals surface area contributed by atoms with Crippen molar-refractivity contribution in [3.05, 3.63) is 0 Å². The first kappa shape index (κ1) is 27.3. The highest BCUT2D eigenvalue weighted by Gasteiger charge is 2.44. The third-order valence-electron chi connectivity index (χ3n) is 8.93. The van der Waals surface area contributed by atoms with Crippen LogP contribution in [-0.2, 0) is 13.6 Å². The molecule has 2 fully saturated rings. The number of Topliss-reactive ketones (excluding diaryl/α,β-unsaturated/α-hetero) is 1. The van der Waals surface area contributed by atoms with Gasteiger partial charge in [-0.3, -0.25) is 4.79 Å². The lowest BCUT2D eigenvalue weighted by atomic mass is 9.82. The van der Waals surface area contributed by atoms with Gasteiger partial charge in [0, 0.05) is 18.4 Å². The Balaban J connectivity index is 2.01. The molecule has 0 amide bonds. The Labute approximate surface area is 195 Å². The smallest absolute Gasteiger partial charge is 0.192 e. The summed E-state index contributed by atoms with van der Waals surface area (Å²) in [6.07, 6.45) is 10.7. The molecule has 0 aromatic heterocycles. The van der Waals surface area contributed by atoms with Gasteiger partial charge in [-0.15, -0.1) is 0 Å². The van der Waals surface area contributed by atoms with E-state index in [0.717, 1.165) is 19.3 Å². The molecule has 2 unspecified atom stereocenters. The Morgan fingerprint density at radius 3 is 1.97 bits per heavy atom. The van der Waals surface area contributed by atoms with Crippen molar-refractivity contribution in [1.29, 1.82) is 0 Å². The number of hydrogen-bond donors (Lipinski definition) is 0. The summed E-state index contributed by atoms with van der Waals surface area (Å²) in [5.74, 6) is 1.28. The zero-order valence-electron chi connectivity index (χ0n) is 22.4. The van der Waals surface area contributed by atoms with E-state index in [1.807, 2.05) is 0 Å². The van der Waals surface area contributed by atoms with Crippen LogP contribution in [-0.4, -0.2) is 34.6 Å². The van der Waals surface area contributed by atoms with Gasteiger partial charge in [0.15, 0.2) is 16.6 Å². The van der Waals surface area contributed by atoms with E-state index in [0.29, 0.717) is 24.2 Å². The van der Waals surface area contributed by atoms with Crippen LogP contribution in [0.25, 0.3) is 0 Å². The molecule has 2 saturated carbocycles. The van der Waals surface area contributed by atoms with Crippen LogP contribution >= 0.6 is 0 Å². The minimum atomic E-state index is -1.82. The summed E-state index contributed by atoms with van der Waals surface area (Å²) in [5, 5.41) is 0.419. The molecule has 2 rings (SSSR count). The monoisotopic (exact) mass is 468 g/mol. The molecule has 2 aliphatic carbocycles. The maximum atomic E-state index is 12.9. The Morgan fingerprint density at radius 1 is 0.903 bits per heavy atom. The van der Waals surface area contributed by atoms with Crippen LogP contribution in [0.5, 0.6) is 0 Å². The SMILES string of the molecule is CC(C)(C)[Si](C)(C)OC1CC(=O)C(CC[C@@H](O[Si](C)(C)C(C)(C)C)C2CCCCC2)C1. The number of rotatable bonds is 8. The zero-order chi connectivity index (χ0) is 23.7. The predicted octanol–water partition coefficient (Wildman–Crippen LogP) is 8.11. The van der Waals surface area contributed by atoms with E-state index in [4.69, 9.17) is 8.85 Å². The Bertz CT molecular complexity index is 595. The Kier molecular flexibility index (Phi) is 8.89. The molecular weight excluding hydrogens is 416 g/mol. The lowest BCUT2D eigenvalue weighted by Gasteiger charge is -2.42. The van der Waals surface area contributed by atoms with Crippen LogP contribution in [0.1, 0.15) is 99.3 Å². The summed E-state index contributed by atoms with van der Waals surface area (Å²) >= 11 is 0. The molecule has 31 heavy (non-hydrogen) atoms. The van der Waals surface area contributed by atoms with Crippen molar-refractivity contribution in [2.75, 3.05) is 0 Å². The second-order valence-corrected chi connectivity index (χ2v) is 23.0. The first-order valence-electron chi connectivity index (χ1n) is 12.9. The topological polar surface area (TPSA) is 35.5 Å². The summed E-state index contributed by atoms with van der Waals surface area (Å²) in [4.78, 5) is 12.9. The van der Waals surface area contributed by atoms with Gasteiger partial charge in [-0.1, -0.05) is 60.8 Å². The number of carbonyl (C=O) groups excluding carboxylic acids is 1. The zero-order valence-corrected chi connectivity index (χ0v) is 24.4. The molecule has 2 aliphatic rings. The van der Waals surface area contributed by atoms with Crippen molar-refractivity contribution in [2.24, 2.45) is 11.8 Å². The summed E-state index contributed by atoms with van der Waals surface area (Å²) < 4.78 is 13.6. The van der Waals surface area contributed by atoms with Gasteiger partial charge >= 0.3 is 0 Å². The van der Waals surface area contributed by atoms with Crippen LogP contribution in [0.3, 0.4) is 0 Å². The van der Waals surface area contributed by atoms with Crippen LogP contribution < -0.4 is 0 Å². The van der Waals surface area contributed by atoms with Crippen LogP contribution in [0, 0.1) is 11.8 Å². The van der Waals surface area contributed by atoms with E-state index in [9.17, 15) is 4.79 Å². The van der Waals surface area contributed by atoms with Crippen molar-refractivity contribution in [3.63, 3.8) is 0 Å². The number of carbonyl (C=O) groups is 1. The Morgan fingerprint density at radius 2 is 1.45 bits per heavy atom. The van der Waals surface area contributed by atoms with Gasteiger partial charge in [-0.2, -0.15) is 0 Å². The molecule has 0 N–H and O–H groups in total. The first-order chi connectivity index (χ1) is 14.0. The van der Waals surface area contributed by atoms with E-state index < -0.39 is 16.6 Å². The normalized spacial score (nSPS) is 25.8. The van der Waals surface area contributed by atoms with Crippen molar-refractivity contribution < 1.29 is 13.6 Å². The second-order valence-electron chi connectivity index (χ2n) is 13.5. The predicted molar refractivity (Wildman–Crippen MR) is 138 cm³/mol. The Hall–Kier alpha value is 0.0238. The molecule has 0 aliphatic heterocycles. The first-order valence-corrected chi connectivity index (χ1v) is 18.7. The van der Waals surface area contributed by atoms with E-state index in [-0.39, 0.29) is 22.1 Å². The molecule has 0 saturated heterocycles. The van der Waals surface area contributed by atoms with Gasteiger partial charge in [0.05, 0.1) is 6.10 Å². The quantitative estimate of drug-likeness (QED) is 0.337. The van der Waals surface area contributed by atoms with Gasteiger partial charge < -0.3 is 8.85 Å². The lowest BCUT2D eigenvalue weighted by molar-refractivity contribution is -0.121. The van der Waals surface area contributed by atoms with E-state index in [1.54, 1.807) is 0 Å². The highest BCUT2D eigenvalue weighted by atomic mass is 28.4. The molecule has 182 valence electrons. The second kappa shape index (κ2) is 10.1. The lowest BCUT2D eigenvalue weighted by Crippen LogP contribution is -2.46. The van der Waals surface area contributed by atoms with Gasteiger partial charge in [0.25, 0.3) is 0 Å². The number of hydrogen-bond acceptors (Lipinski definition) is 3. The average Bonchev–Trinajstić information content (AvgIpc) is 2.96. The van der Waals surface area contributed by atoms with Crippen molar-refractivity contribution in [3.8, 4) is 0 Å². The molecule has 3 nitrogen and oxygen atoms in total. The van der Waals surface area contributed by atoms with Gasteiger partial charge in [0.2, 0.25) is 0 Å². The van der Waals surface area contributed by atoms with Gasteiger partial charge in [-0.05, 0) is 74.3 Å². The molecular formula is C26H52O3Si2. The number of ketones is 1. The fraction of sp³-hybridized carbons (Fsp3) is 0.962. The molecule has 0 heterocycles. The summed E-state index contributed by atoms with van der Waals surface area (Å²) in [5.41, 5.74) is 0. The maximum Gasteiger partial charge on any atom is 0.192 e. The van der Waals surface area contributed by atoms with E-state index in [1.165, 1.54) is 32.1 Å². The highest BCUT2D eigenvalue weighted by molar-refractivity contribution is 6.74. The molecule has 0 radical (unpaired) electrons. The van der Waals surface area contributed by atoms with E-state index >= 15 is 0 Å². The van der Waals surface area contributed by atoms with E-state index in [2.05, 4.69) is 67.7 Å². The van der Waals surface area contributed by atoms with Crippen LogP contribution in [0.4, 0.5) is 0 Å². The molecule has 0 spiro atoms. The minimum Gasteiger partial charge on any atom is -0.414 e. The van der Waals surface area contributed by atoms with Crippen molar-refractivity contribution >= 4 is 22.4 Å². The molecule has 0 bridgehead atoms. The molecule has 0 aromatic rings. The summed E-state index contributed by atoms with van der Waals surface area (Å²) in [7, 11) is -3.64. The average molecular weight is 469 g/mol. The van der Waals surface area contributed by atoms with Crippen molar-refractivity contribution in [2.45, 2.75) is 148 Å². The third-order valence-corrected chi connectivity index (χ3v) is 18.0. The minimum absolute atomic E-state index is 0.132. The molecule has 3 atom stereocenters. The summed E-state index contributed by atoms with van der Waals surface area (Å²) in [6.45, 7) is 23.2. The van der Waals surface area contributed by atoms with Crippen LogP contribution in [0.2, 0.25) is 36.3 Å². The summed E-state index contributed by atoms with van der Waals surface area (Å²) in [6, 6.07) is 0. The van der Waals surface area contributed by atoms with Crippen LogP contribution in [0.15, 0.2) is 0 Å². The standard InChI is InChI=1S/C26H52O3Si2/c1-25(2,3)30(7,8)28-22-18-21(23(27)19-22)16-17-24(20-14-12-11-13-15-20)29-31(9,10)26(4,5)6/h20-22,24H,11-19H2,1-10H3/t21?,22?,24-/m1/s1. The van der Waals surface area contributed by atoms with Gasteiger partial charge in [0.1, 0.15) is 5.78 Å².